The molecule has 0 saturated carbocycles. The molecular weight excluding hydrogens is 724 g/mol. The van der Waals surface area contributed by atoms with Crippen LogP contribution in [-0.2, 0) is 0 Å². The van der Waals surface area contributed by atoms with Crippen LogP contribution in [0.5, 0.6) is 0 Å². The maximum atomic E-state index is 2.50. The molecule has 0 N–H and O–H groups in total. The van der Waals surface area contributed by atoms with Gasteiger partial charge in [-0.15, -0.1) is 0 Å². The molecule has 53 heavy (non-hydrogen) atoms. The molecule has 0 aliphatic carbocycles. The standard InChI is InChI=1S/C51H32SSe/c1-31-29-52-30-45(31)51-42-21-11-9-19-40(42)50(41-20-10-12-22-43(41)51)34-23-25-35-44-27-33(24-26-46(44)53-47(35)28-34)49-38-17-7-5-15-36(38)48(32-13-3-2-4-14-32)37-16-6-8-18-39(37)49/h2-30H,1H3. The predicted molar refractivity (Wildman–Crippen MR) is 233 cm³/mol. The first-order valence-corrected chi connectivity index (χ1v) is 20.8. The Labute approximate surface area is 318 Å². The molecule has 0 atom stereocenters. The van der Waals surface area contributed by atoms with Crippen molar-refractivity contribution in [2.24, 2.45) is 0 Å². The van der Waals surface area contributed by atoms with Crippen LogP contribution < -0.4 is 0 Å². The van der Waals surface area contributed by atoms with Gasteiger partial charge in [0.1, 0.15) is 0 Å². The first kappa shape index (κ1) is 30.8. The van der Waals surface area contributed by atoms with Gasteiger partial charge in [0.2, 0.25) is 0 Å². The molecule has 0 aliphatic heterocycles. The van der Waals surface area contributed by atoms with Crippen LogP contribution in [0.2, 0.25) is 0 Å². The van der Waals surface area contributed by atoms with E-state index in [4.69, 9.17) is 0 Å². The zero-order valence-electron chi connectivity index (χ0n) is 29.1. The summed E-state index contributed by atoms with van der Waals surface area (Å²) in [6.07, 6.45) is 0. The fourth-order valence-corrected chi connectivity index (χ4v) is 12.0. The Morgan fingerprint density at radius 1 is 0.340 bits per heavy atom. The monoisotopic (exact) mass is 756 g/mol. The van der Waals surface area contributed by atoms with Crippen LogP contribution in [0.1, 0.15) is 5.56 Å². The number of fused-ring (bicyclic) bond motifs is 7. The molecule has 0 aliphatic rings. The van der Waals surface area contributed by atoms with Crippen molar-refractivity contribution < 1.29 is 0 Å². The topological polar surface area (TPSA) is 0 Å². The van der Waals surface area contributed by atoms with Crippen LogP contribution in [0.4, 0.5) is 0 Å². The summed E-state index contributed by atoms with van der Waals surface area (Å²) in [5, 5.41) is 17.8. The van der Waals surface area contributed by atoms with Gasteiger partial charge in [0.05, 0.1) is 0 Å². The molecule has 0 radical (unpaired) electrons. The van der Waals surface area contributed by atoms with Gasteiger partial charge in [-0.25, -0.2) is 0 Å². The fourth-order valence-electron chi connectivity index (χ4n) is 8.79. The van der Waals surface area contributed by atoms with Crippen molar-refractivity contribution >= 4 is 88.2 Å². The Kier molecular flexibility index (Phi) is 7.07. The predicted octanol–water partition coefficient (Wildman–Crippen LogP) is 14.7. The van der Waals surface area contributed by atoms with E-state index in [1.54, 1.807) is 11.3 Å². The van der Waals surface area contributed by atoms with Crippen LogP contribution in [-0.4, -0.2) is 14.5 Å². The Balaban J connectivity index is 1.13. The third-order valence-electron chi connectivity index (χ3n) is 11.1. The second kappa shape index (κ2) is 12.2. The molecule has 2 aromatic heterocycles. The Bertz CT molecular complexity index is 3120. The number of hydrogen-bond acceptors (Lipinski definition) is 1. The van der Waals surface area contributed by atoms with E-state index >= 15 is 0 Å². The van der Waals surface area contributed by atoms with E-state index in [9.17, 15) is 0 Å². The molecular formula is C51H32SSe. The second-order valence-electron chi connectivity index (χ2n) is 14.0. The zero-order valence-corrected chi connectivity index (χ0v) is 31.6. The van der Waals surface area contributed by atoms with Crippen LogP contribution in [0.15, 0.2) is 175 Å². The van der Waals surface area contributed by atoms with Crippen LogP contribution in [0.3, 0.4) is 0 Å². The molecule has 11 rings (SSSR count). The fraction of sp³-hybridized carbons (Fsp3) is 0.0196. The SMILES string of the molecule is Cc1cscc1-c1c2ccccc2c(-c2ccc3c(c2)[se]c2ccc(-c4c5ccccc5c(-c5ccccc5)c5ccccc45)cc23)c2ccccc12. The van der Waals surface area contributed by atoms with Gasteiger partial charge in [-0.05, 0) is 0 Å². The Morgan fingerprint density at radius 2 is 0.792 bits per heavy atom. The van der Waals surface area contributed by atoms with Gasteiger partial charge in [0.25, 0.3) is 0 Å². The molecule has 248 valence electrons. The molecule has 0 fully saturated rings. The summed E-state index contributed by atoms with van der Waals surface area (Å²) < 4.78 is 2.92. The number of rotatable bonds is 4. The third-order valence-corrected chi connectivity index (χ3v) is 14.3. The normalized spacial score (nSPS) is 11.9. The second-order valence-corrected chi connectivity index (χ2v) is 17.1. The third kappa shape index (κ3) is 4.74. The Hall–Kier alpha value is -5.76. The molecule has 0 spiro atoms. The van der Waals surface area contributed by atoms with Gasteiger partial charge in [0.15, 0.2) is 0 Å². The summed E-state index contributed by atoms with van der Waals surface area (Å²) in [6, 6.07) is 61.3. The average molecular weight is 756 g/mol. The van der Waals surface area contributed by atoms with E-state index in [0.29, 0.717) is 0 Å². The van der Waals surface area contributed by atoms with Gasteiger partial charge < -0.3 is 0 Å². The van der Waals surface area contributed by atoms with Gasteiger partial charge in [-0.3, -0.25) is 0 Å². The zero-order chi connectivity index (χ0) is 35.0. The molecule has 0 unspecified atom stereocenters. The van der Waals surface area contributed by atoms with Crippen molar-refractivity contribution in [3.63, 3.8) is 0 Å². The molecule has 0 amide bonds. The van der Waals surface area contributed by atoms with Gasteiger partial charge in [-0.1, -0.05) is 0 Å². The van der Waals surface area contributed by atoms with Crippen molar-refractivity contribution in [2.75, 3.05) is 0 Å². The number of benzene rings is 9. The summed E-state index contributed by atoms with van der Waals surface area (Å²) in [7, 11) is 0. The summed E-state index contributed by atoms with van der Waals surface area (Å²) in [5.41, 5.74) is 11.8. The van der Waals surface area contributed by atoms with E-state index in [1.807, 2.05) is 0 Å². The van der Waals surface area contributed by atoms with Gasteiger partial charge in [-0.2, -0.15) is 0 Å². The molecule has 9 aromatic carbocycles. The van der Waals surface area contributed by atoms with Crippen LogP contribution in [0.25, 0.3) is 107 Å². The first-order valence-electron chi connectivity index (χ1n) is 18.2. The summed E-state index contributed by atoms with van der Waals surface area (Å²) in [6.45, 7) is 2.24. The maximum absolute atomic E-state index is 2.50. The molecule has 0 nitrogen and oxygen atoms in total. The minimum atomic E-state index is 0.222. The number of aryl methyl sites for hydroxylation is 1. The Morgan fingerprint density at radius 3 is 1.30 bits per heavy atom. The van der Waals surface area contributed by atoms with E-state index < -0.39 is 0 Å². The quantitative estimate of drug-likeness (QED) is 0.124. The number of hydrogen-bond donors (Lipinski definition) is 0. The molecule has 0 bridgehead atoms. The summed E-state index contributed by atoms with van der Waals surface area (Å²) in [4.78, 5) is 0. The summed E-state index contributed by atoms with van der Waals surface area (Å²) in [5.74, 6) is 0. The summed E-state index contributed by atoms with van der Waals surface area (Å²) >= 11 is 2.01. The van der Waals surface area contributed by atoms with Crippen molar-refractivity contribution in [1.29, 1.82) is 0 Å². The molecule has 0 saturated heterocycles. The van der Waals surface area contributed by atoms with Crippen molar-refractivity contribution in [3.8, 4) is 44.5 Å². The molecule has 11 aromatic rings. The van der Waals surface area contributed by atoms with Crippen molar-refractivity contribution in [2.45, 2.75) is 6.92 Å². The van der Waals surface area contributed by atoms with Crippen LogP contribution in [0, 0.1) is 6.92 Å². The van der Waals surface area contributed by atoms with Gasteiger partial charge >= 0.3 is 320 Å². The van der Waals surface area contributed by atoms with Crippen molar-refractivity contribution in [3.05, 3.63) is 180 Å². The van der Waals surface area contributed by atoms with E-state index in [0.717, 1.165) is 0 Å². The first-order chi connectivity index (χ1) is 26.2. The number of thiophene rings is 1. The average Bonchev–Trinajstić information content (AvgIpc) is 3.81. The molecule has 2 heteroatoms. The minimum absolute atomic E-state index is 0.222. The van der Waals surface area contributed by atoms with Crippen LogP contribution >= 0.6 is 11.3 Å². The van der Waals surface area contributed by atoms with Crippen molar-refractivity contribution in [1.82, 2.24) is 0 Å². The van der Waals surface area contributed by atoms with Gasteiger partial charge in [0, 0.05) is 0 Å². The van der Waals surface area contributed by atoms with E-state index in [1.165, 1.54) is 112 Å². The van der Waals surface area contributed by atoms with E-state index in [2.05, 4.69) is 181 Å². The van der Waals surface area contributed by atoms with E-state index in [-0.39, 0.29) is 14.5 Å². The molecule has 2 heterocycles.